The van der Waals surface area contributed by atoms with Crippen LogP contribution in [0.2, 0.25) is 10.0 Å². The number of benzene rings is 3. The standard InChI is InChI=1S/C22H16Cl2N4OS/c23-18-9-5-4-8-17(18)14-29-20-11-10-15(12-19(20)24)13-25-28-21(26-27-22(28)30)16-6-2-1-3-7-16/h1-13H,14H2,(H,27,30)/b25-13-. The van der Waals surface area contributed by atoms with Crippen LogP contribution in [0.5, 0.6) is 5.75 Å². The Morgan fingerprint density at radius 1 is 1.00 bits per heavy atom. The molecule has 0 saturated heterocycles. The summed E-state index contributed by atoms with van der Waals surface area (Å²) in [4.78, 5) is 0. The molecule has 1 heterocycles. The van der Waals surface area contributed by atoms with Gasteiger partial charge in [0.05, 0.1) is 11.2 Å². The molecule has 5 nitrogen and oxygen atoms in total. The summed E-state index contributed by atoms with van der Waals surface area (Å²) >= 11 is 17.9. The molecule has 0 bridgehead atoms. The lowest BCUT2D eigenvalue weighted by Crippen LogP contribution is -1.98. The fourth-order valence-corrected chi connectivity index (χ4v) is 3.40. The van der Waals surface area contributed by atoms with Crippen LogP contribution in [0.25, 0.3) is 11.4 Å². The molecule has 0 aliphatic rings. The van der Waals surface area contributed by atoms with Gasteiger partial charge in [-0.3, -0.25) is 0 Å². The molecule has 0 aliphatic heterocycles. The highest BCUT2D eigenvalue weighted by Gasteiger charge is 2.08. The fourth-order valence-electron chi connectivity index (χ4n) is 2.78. The Morgan fingerprint density at radius 3 is 2.53 bits per heavy atom. The zero-order chi connectivity index (χ0) is 20.9. The van der Waals surface area contributed by atoms with Crippen LogP contribution in [-0.4, -0.2) is 21.1 Å². The molecule has 0 amide bonds. The van der Waals surface area contributed by atoms with Gasteiger partial charge in [-0.15, -0.1) is 0 Å². The minimum atomic E-state index is 0.331. The molecule has 0 atom stereocenters. The molecule has 0 spiro atoms. The van der Waals surface area contributed by atoms with Crippen LogP contribution in [0, 0.1) is 4.77 Å². The highest BCUT2D eigenvalue weighted by molar-refractivity contribution is 7.71. The summed E-state index contributed by atoms with van der Waals surface area (Å²) < 4.78 is 7.78. The average Bonchev–Trinajstić information content (AvgIpc) is 3.13. The lowest BCUT2D eigenvalue weighted by atomic mass is 10.2. The molecule has 3 aromatic carbocycles. The van der Waals surface area contributed by atoms with Crippen molar-refractivity contribution in [3.8, 4) is 17.1 Å². The largest absolute Gasteiger partial charge is 0.487 e. The highest BCUT2D eigenvalue weighted by Crippen LogP contribution is 2.27. The second-order valence-corrected chi connectivity index (χ2v) is 7.55. The molecule has 150 valence electrons. The van der Waals surface area contributed by atoms with Crippen LogP contribution in [0.15, 0.2) is 77.9 Å². The fraction of sp³-hybridized carbons (Fsp3) is 0.0455. The van der Waals surface area contributed by atoms with Gasteiger partial charge in [0.25, 0.3) is 0 Å². The number of aromatic nitrogens is 3. The predicted octanol–water partition coefficient (Wildman–Crippen LogP) is 6.38. The van der Waals surface area contributed by atoms with Crippen molar-refractivity contribution < 1.29 is 4.74 Å². The maximum absolute atomic E-state index is 6.39. The Bertz CT molecular complexity index is 1250. The van der Waals surface area contributed by atoms with Crippen molar-refractivity contribution in [3.63, 3.8) is 0 Å². The van der Waals surface area contributed by atoms with Gasteiger partial charge in [0.2, 0.25) is 4.77 Å². The normalized spacial score (nSPS) is 11.1. The van der Waals surface area contributed by atoms with E-state index in [4.69, 9.17) is 40.2 Å². The van der Waals surface area contributed by atoms with Gasteiger partial charge in [-0.05, 0) is 42.0 Å². The number of ether oxygens (including phenoxy) is 1. The monoisotopic (exact) mass is 454 g/mol. The average molecular weight is 455 g/mol. The minimum Gasteiger partial charge on any atom is -0.487 e. The quantitative estimate of drug-likeness (QED) is 0.271. The van der Waals surface area contributed by atoms with Gasteiger partial charge in [-0.2, -0.15) is 14.9 Å². The van der Waals surface area contributed by atoms with Crippen LogP contribution in [0.1, 0.15) is 11.1 Å². The maximum Gasteiger partial charge on any atom is 0.216 e. The van der Waals surface area contributed by atoms with Gasteiger partial charge >= 0.3 is 0 Å². The SMILES string of the molecule is S=c1[nH]nc(-c2ccccc2)n1/N=C\c1ccc(OCc2ccccc2Cl)c(Cl)c1. The molecular formula is C22H16Cl2N4OS. The number of aromatic amines is 1. The van der Waals surface area contributed by atoms with E-state index < -0.39 is 0 Å². The van der Waals surface area contributed by atoms with Crippen LogP contribution in [0.4, 0.5) is 0 Å². The molecule has 4 aromatic rings. The lowest BCUT2D eigenvalue weighted by molar-refractivity contribution is 0.306. The molecule has 0 aliphatic carbocycles. The summed E-state index contributed by atoms with van der Waals surface area (Å²) in [5.74, 6) is 1.20. The van der Waals surface area contributed by atoms with Crippen LogP contribution >= 0.6 is 35.4 Å². The number of halogens is 2. The number of hydrogen-bond donors (Lipinski definition) is 1. The Kier molecular flexibility index (Phi) is 6.28. The Labute approximate surface area is 188 Å². The number of nitrogens with zero attached hydrogens (tertiary/aromatic N) is 3. The van der Waals surface area contributed by atoms with E-state index in [1.807, 2.05) is 60.7 Å². The number of rotatable bonds is 6. The first-order valence-corrected chi connectivity index (χ1v) is 10.2. The second-order valence-electron chi connectivity index (χ2n) is 6.34. The molecule has 0 radical (unpaired) electrons. The van der Waals surface area contributed by atoms with Gasteiger partial charge in [-0.1, -0.05) is 71.7 Å². The summed E-state index contributed by atoms with van der Waals surface area (Å²) in [5, 5.41) is 12.6. The van der Waals surface area contributed by atoms with E-state index in [1.54, 1.807) is 23.0 Å². The van der Waals surface area contributed by atoms with Crippen LogP contribution in [-0.2, 0) is 6.61 Å². The van der Waals surface area contributed by atoms with E-state index in [0.29, 0.717) is 33.0 Å². The predicted molar refractivity (Wildman–Crippen MR) is 123 cm³/mol. The molecule has 0 fully saturated rings. The first-order valence-electron chi connectivity index (χ1n) is 9.05. The van der Waals surface area contributed by atoms with Gasteiger partial charge in [0.15, 0.2) is 5.82 Å². The van der Waals surface area contributed by atoms with Crippen molar-refractivity contribution >= 4 is 41.6 Å². The Hall–Kier alpha value is -2.93. The molecule has 1 N–H and O–H groups in total. The third-order valence-electron chi connectivity index (χ3n) is 4.30. The number of hydrogen-bond acceptors (Lipinski definition) is 4. The van der Waals surface area contributed by atoms with E-state index in [9.17, 15) is 0 Å². The van der Waals surface area contributed by atoms with Crippen LogP contribution < -0.4 is 4.74 Å². The second kappa shape index (κ2) is 9.26. The molecule has 8 heteroatoms. The van der Waals surface area contributed by atoms with Crippen molar-refractivity contribution in [2.24, 2.45) is 5.10 Å². The maximum atomic E-state index is 6.39. The summed E-state index contributed by atoms with van der Waals surface area (Å²) in [6.45, 7) is 0.331. The first kappa shape index (κ1) is 20.3. The third-order valence-corrected chi connectivity index (χ3v) is 5.23. The van der Waals surface area contributed by atoms with E-state index in [-0.39, 0.29) is 0 Å². The number of H-pyrrole nitrogens is 1. The third kappa shape index (κ3) is 4.62. The van der Waals surface area contributed by atoms with Gasteiger partial charge in [0.1, 0.15) is 12.4 Å². The van der Waals surface area contributed by atoms with Crippen molar-refractivity contribution in [1.82, 2.24) is 14.9 Å². The van der Waals surface area contributed by atoms with Gasteiger partial charge in [0, 0.05) is 16.1 Å². The molecule has 0 saturated carbocycles. The van der Waals surface area contributed by atoms with Crippen molar-refractivity contribution in [2.45, 2.75) is 6.61 Å². The molecule has 30 heavy (non-hydrogen) atoms. The van der Waals surface area contributed by atoms with Crippen molar-refractivity contribution in [3.05, 3.63) is 98.7 Å². The van der Waals surface area contributed by atoms with E-state index in [1.165, 1.54) is 0 Å². The van der Waals surface area contributed by atoms with Crippen molar-refractivity contribution in [1.29, 1.82) is 0 Å². The molecule has 0 unspecified atom stereocenters. The highest BCUT2D eigenvalue weighted by atomic mass is 35.5. The summed E-state index contributed by atoms with van der Waals surface area (Å²) in [6, 6.07) is 22.7. The van der Waals surface area contributed by atoms with E-state index in [2.05, 4.69) is 15.3 Å². The Morgan fingerprint density at radius 2 is 1.77 bits per heavy atom. The topological polar surface area (TPSA) is 55.2 Å². The van der Waals surface area contributed by atoms with Gasteiger partial charge in [-0.25, -0.2) is 5.10 Å². The van der Waals surface area contributed by atoms with Crippen molar-refractivity contribution in [2.75, 3.05) is 0 Å². The molecule has 4 rings (SSSR count). The van der Waals surface area contributed by atoms with E-state index in [0.717, 1.165) is 16.7 Å². The Balaban J connectivity index is 1.52. The smallest absolute Gasteiger partial charge is 0.216 e. The molecular weight excluding hydrogens is 439 g/mol. The molecule has 1 aromatic heterocycles. The zero-order valence-electron chi connectivity index (χ0n) is 15.6. The van der Waals surface area contributed by atoms with Gasteiger partial charge < -0.3 is 4.74 Å². The zero-order valence-corrected chi connectivity index (χ0v) is 18.0. The minimum absolute atomic E-state index is 0.331. The number of nitrogens with one attached hydrogen (secondary N) is 1. The van der Waals surface area contributed by atoms with E-state index >= 15 is 0 Å². The lowest BCUT2D eigenvalue weighted by Gasteiger charge is -2.09. The summed E-state index contributed by atoms with van der Waals surface area (Å²) in [7, 11) is 0. The first-order chi connectivity index (χ1) is 14.6. The summed E-state index contributed by atoms with van der Waals surface area (Å²) in [6.07, 6.45) is 1.67. The summed E-state index contributed by atoms with van der Waals surface area (Å²) in [5.41, 5.74) is 2.60. The van der Waals surface area contributed by atoms with Crippen LogP contribution in [0.3, 0.4) is 0 Å².